The molecule has 2 aromatic carbocycles. The molecular formula is C24H31Cl3N6O. The largest absolute Gasteiger partial charge is 0.497 e. The zero-order valence-electron chi connectivity index (χ0n) is 19.0. The number of aromatic nitrogens is 2. The van der Waals surface area contributed by atoms with Gasteiger partial charge in [0.05, 0.1) is 12.6 Å². The lowest BCUT2D eigenvalue weighted by atomic mass is 10.2. The Bertz CT molecular complexity index is 1090. The number of hydrogen-bond acceptors (Lipinski definition) is 5. The Morgan fingerprint density at radius 2 is 1.74 bits per heavy atom. The zero-order valence-corrected chi connectivity index (χ0v) is 21.4. The van der Waals surface area contributed by atoms with Crippen molar-refractivity contribution in [3.05, 3.63) is 58.9 Å². The highest BCUT2D eigenvalue weighted by Gasteiger charge is 2.08. The summed E-state index contributed by atoms with van der Waals surface area (Å²) < 4.78 is 5.38. The van der Waals surface area contributed by atoms with E-state index < -0.39 is 0 Å². The predicted octanol–water partition coefficient (Wildman–Crippen LogP) is 5.55. The molecule has 1 aromatic heterocycles. The fourth-order valence-corrected chi connectivity index (χ4v) is 3.34. The van der Waals surface area contributed by atoms with Gasteiger partial charge in [0.1, 0.15) is 11.6 Å². The molecule has 0 radical (unpaired) electrons. The molecule has 0 saturated heterocycles. The molecule has 0 amide bonds. The van der Waals surface area contributed by atoms with Crippen LogP contribution >= 0.6 is 36.4 Å². The minimum Gasteiger partial charge on any atom is -0.497 e. The summed E-state index contributed by atoms with van der Waals surface area (Å²) in [6, 6.07) is 13.4. The normalized spacial score (nSPS) is 10.4. The van der Waals surface area contributed by atoms with E-state index in [0.717, 1.165) is 60.3 Å². The summed E-state index contributed by atoms with van der Waals surface area (Å²) in [4.78, 5) is 13.4. The molecule has 0 aliphatic heterocycles. The molecule has 0 atom stereocenters. The van der Waals surface area contributed by atoms with Crippen molar-refractivity contribution in [1.82, 2.24) is 9.97 Å². The predicted molar refractivity (Wildman–Crippen MR) is 149 cm³/mol. The van der Waals surface area contributed by atoms with Crippen molar-refractivity contribution in [2.45, 2.75) is 25.7 Å². The monoisotopic (exact) mass is 524 g/mol. The van der Waals surface area contributed by atoms with Gasteiger partial charge in [0.25, 0.3) is 0 Å². The Morgan fingerprint density at radius 3 is 2.44 bits per heavy atom. The summed E-state index contributed by atoms with van der Waals surface area (Å²) >= 11 is 5.97. The Morgan fingerprint density at radius 1 is 1.00 bits per heavy atom. The van der Waals surface area contributed by atoms with Gasteiger partial charge in [-0.1, -0.05) is 42.7 Å². The number of rotatable bonds is 11. The molecule has 0 saturated carbocycles. The Hall–Kier alpha value is -2.74. The van der Waals surface area contributed by atoms with E-state index >= 15 is 0 Å². The Kier molecular flexibility index (Phi) is 13.1. The molecule has 34 heavy (non-hydrogen) atoms. The molecule has 5 N–H and O–H groups in total. The highest BCUT2D eigenvalue weighted by molar-refractivity contribution is 6.30. The van der Waals surface area contributed by atoms with Crippen LogP contribution in [0.4, 0.5) is 5.82 Å². The van der Waals surface area contributed by atoms with Crippen molar-refractivity contribution in [3.63, 3.8) is 0 Å². The molecule has 3 rings (SSSR count). The SMILES string of the molecule is COc1ccc2nc(/C=C/c3ccc(Cl)cc3)nc(NCCCCCCN=C(N)N)c2c1.Cl.Cl. The highest BCUT2D eigenvalue weighted by atomic mass is 35.5. The second kappa shape index (κ2) is 15.2. The second-order valence-electron chi connectivity index (χ2n) is 7.35. The first kappa shape index (κ1) is 29.3. The van der Waals surface area contributed by atoms with Gasteiger partial charge in [0.2, 0.25) is 0 Å². The molecule has 1 heterocycles. The fourth-order valence-electron chi connectivity index (χ4n) is 3.21. The number of nitrogens with one attached hydrogen (secondary N) is 1. The van der Waals surface area contributed by atoms with E-state index in [0.29, 0.717) is 17.4 Å². The number of halogens is 3. The van der Waals surface area contributed by atoms with E-state index in [2.05, 4.69) is 15.3 Å². The summed E-state index contributed by atoms with van der Waals surface area (Å²) in [5.41, 5.74) is 12.6. The Labute approximate surface area is 217 Å². The minimum atomic E-state index is 0. The van der Waals surface area contributed by atoms with Crippen LogP contribution < -0.4 is 21.5 Å². The first-order chi connectivity index (χ1) is 15.5. The maximum atomic E-state index is 5.97. The molecule has 3 aromatic rings. The van der Waals surface area contributed by atoms with E-state index in [9.17, 15) is 0 Å². The van der Waals surface area contributed by atoms with Crippen LogP contribution in [0, 0.1) is 0 Å². The number of fused-ring (bicyclic) bond motifs is 1. The van der Waals surface area contributed by atoms with Crippen molar-refractivity contribution < 1.29 is 4.74 Å². The smallest absolute Gasteiger partial charge is 0.185 e. The summed E-state index contributed by atoms with van der Waals surface area (Å²) in [6.45, 7) is 1.49. The lowest BCUT2D eigenvalue weighted by Crippen LogP contribution is -2.22. The van der Waals surface area contributed by atoms with Gasteiger partial charge in [-0.25, -0.2) is 9.97 Å². The van der Waals surface area contributed by atoms with Gasteiger partial charge in [-0.3, -0.25) is 4.99 Å². The lowest BCUT2D eigenvalue weighted by molar-refractivity contribution is 0.415. The average Bonchev–Trinajstić information content (AvgIpc) is 2.79. The number of aliphatic imine (C=N–C) groups is 1. The summed E-state index contributed by atoms with van der Waals surface area (Å²) in [5.74, 6) is 2.36. The van der Waals surface area contributed by atoms with E-state index in [-0.39, 0.29) is 30.8 Å². The average molecular weight is 526 g/mol. The first-order valence-electron chi connectivity index (χ1n) is 10.6. The number of benzene rings is 2. The van der Waals surface area contributed by atoms with Crippen LogP contribution in [-0.4, -0.2) is 36.1 Å². The lowest BCUT2D eigenvalue weighted by Gasteiger charge is -2.11. The maximum absolute atomic E-state index is 5.97. The van der Waals surface area contributed by atoms with Crippen LogP contribution in [0.2, 0.25) is 5.02 Å². The van der Waals surface area contributed by atoms with Gasteiger partial charge >= 0.3 is 0 Å². The van der Waals surface area contributed by atoms with Gasteiger partial charge < -0.3 is 21.5 Å². The first-order valence-corrected chi connectivity index (χ1v) is 11.0. The van der Waals surface area contributed by atoms with Crippen LogP contribution in [-0.2, 0) is 0 Å². The molecule has 0 bridgehead atoms. The number of nitrogens with zero attached hydrogens (tertiary/aromatic N) is 3. The van der Waals surface area contributed by atoms with Gasteiger partial charge in [-0.15, -0.1) is 24.8 Å². The molecule has 0 aliphatic carbocycles. The van der Waals surface area contributed by atoms with Crippen LogP contribution in [0.25, 0.3) is 23.1 Å². The van der Waals surface area contributed by atoms with Crippen molar-refractivity contribution in [3.8, 4) is 5.75 Å². The Balaban J connectivity index is 0.00000289. The minimum absolute atomic E-state index is 0. The van der Waals surface area contributed by atoms with E-state index in [1.807, 2.05) is 54.6 Å². The molecular weight excluding hydrogens is 495 g/mol. The van der Waals surface area contributed by atoms with Gasteiger partial charge in [0.15, 0.2) is 11.8 Å². The van der Waals surface area contributed by atoms with Crippen LogP contribution in [0.5, 0.6) is 5.75 Å². The third-order valence-corrected chi connectivity index (χ3v) is 5.14. The molecule has 0 fully saturated rings. The van der Waals surface area contributed by atoms with E-state index in [4.69, 9.17) is 32.8 Å². The quantitative estimate of drug-likeness (QED) is 0.172. The van der Waals surface area contributed by atoms with Gasteiger partial charge in [0, 0.05) is 23.5 Å². The molecule has 0 spiro atoms. The number of hydrogen-bond donors (Lipinski definition) is 3. The highest BCUT2D eigenvalue weighted by Crippen LogP contribution is 2.26. The van der Waals surface area contributed by atoms with Crippen molar-refractivity contribution in [1.29, 1.82) is 0 Å². The summed E-state index contributed by atoms with van der Waals surface area (Å²) in [5, 5.41) is 5.11. The number of guanidine groups is 1. The number of anilines is 1. The van der Waals surface area contributed by atoms with E-state index in [1.54, 1.807) is 7.11 Å². The molecule has 0 aliphatic rings. The molecule has 0 unspecified atom stereocenters. The van der Waals surface area contributed by atoms with Gasteiger partial charge in [-0.05, 0) is 54.8 Å². The van der Waals surface area contributed by atoms with Crippen molar-refractivity contribution >= 4 is 71.2 Å². The summed E-state index contributed by atoms with van der Waals surface area (Å²) in [7, 11) is 1.65. The molecule has 184 valence electrons. The molecule has 10 heteroatoms. The van der Waals surface area contributed by atoms with Gasteiger partial charge in [-0.2, -0.15) is 0 Å². The van der Waals surface area contributed by atoms with Crippen LogP contribution in [0.1, 0.15) is 37.1 Å². The van der Waals surface area contributed by atoms with Crippen molar-refractivity contribution in [2.24, 2.45) is 16.5 Å². The standard InChI is InChI=1S/C24H29ClN6O.2ClH/c1-32-19-11-12-21-20(16-19)23(28-14-4-2-3-5-15-29-24(26)27)31-22(30-21)13-8-17-6-9-18(25)10-7-17;;/h6-13,16H,2-5,14-15H2,1H3,(H4,26,27,29)(H,28,30,31);2*1H/b13-8+;;. The fraction of sp³-hybridized carbons (Fsp3) is 0.292. The number of methoxy groups -OCH3 is 1. The van der Waals surface area contributed by atoms with E-state index in [1.165, 1.54) is 0 Å². The van der Waals surface area contributed by atoms with Crippen LogP contribution in [0.3, 0.4) is 0 Å². The van der Waals surface area contributed by atoms with Crippen molar-refractivity contribution in [2.75, 3.05) is 25.5 Å². The molecule has 7 nitrogen and oxygen atoms in total. The number of unbranched alkanes of at least 4 members (excludes halogenated alkanes) is 3. The third kappa shape index (κ3) is 9.25. The second-order valence-corrected chi connectivity index (χ2v) is 7.78. The third-order valence-electron chi connectivity index (χ3n) is 4.89. The topological polar surface area (TPSA) is 111 Å². The summed E-state index contributed by atoms with van der Waals surface area (Å²) in [6.07, 6.45) is 8.04. The maximum Gasteiger partial charge on any atom is 0.185 e. The number of nitrogens with two attached hydrogens (primary N) is 2. The zero-order chi connectivity index (χ0) is 22.8. The number of ether oxygens (including phenoxy) is 1. The van der Waals surface area contributed by atoms with Crippen LogP contribution in [0.15, 0.2) is 47.5 Å².